The Hall–Kier alpha value is -5.77. The lowest BCUT2D eigenvalue weighted by Gasteiger charge is -2.27. The normalized spacial score (nSPS) is 14.5. The molecule has 2 aromatic heterocycles. The van der Waals surface area contributed by atoms with Gasteiger partial charge in [0.15, 0.2) is 11.9 Å². The number of aromatic amines is 2. The third-order valence-electron chi connectivity index (χ3n) is 7.15. The second kappa shape index (κ2) is 20.6. The number of carboxylic acid groups (broad SMARTS) is 1. The van der Waals surface area contributed by atoms with Gasteiger partial charge >= 0.3 is 5.97 Å². The number of hydrogen-bond donors (Lipinski definition) is 13. The lowest BCUT2D eigenvalue weighted by Crippen LogP contribution is -2.61. The largest absolute Gasteiger partial charge is 0.480 e. The van der Waals surface area contributed by atoms with Crippen LogP contribution in [0.2, 0.25) is 0 Å². The van der Waals surface area contributed by atoms with Crippen molar-refractivity contribution in [3.63, 3.8) is 0 Å². The zero-order chi connectivity index (χ0) is 37.2. The first-order valence-corrected chi connectivity index (χ1v) is 15.6. The minimum Gasteiger partial charge on any atom is -0.480 e. The lowest BCUT2D eigenvalue weighted by atomic mass is 10.0. The van der Waals surface area contributed by atoms with E-state index in [9.17, 15) is 34.2 Å². The summed E-state index contributed by atoms with van der Waals surface area (Å²) in [6.45, 7) is 1.56. The van der Waals surface area contributed by atoms with Crippen LogP contribution >= 0.6 is 0 Å². The van der Waals surface area contributed by atoms with Crippen molar-refractivity contribution in [3.8, 4) is 0 Å². The van der Waals surface area contributed by atoms with Gasteiger partial charge in [-0.1, -0.05) is 0 Å². The van der Waals surface area contributed by atoms with E-state index in [2.05, 4.69) is 51.2 Å². The van der Waals surface area contributed by atoms with Crippen molar-refractivity contribution < 1.29 is 34.2 Å². The molecule has 6 atom stereocenters. The van der Waals surface area contributed by atoms with Crippen molar-refractivity contribution in [2.24, 2.45) is 38.7 Å². The summed E-state index contributed by atoms with van der Waals surface area (Å²) in [6, 6.07) is -6.66. The van der Waals surface area contributed by atoms with Gasteiger partial charge in [0, 0.05) is 49.7 Å². The summed E-state index contributed by atoms with van der Waals surface area (Å²) in [5, 5.41) is 30.1. The van der Waals surface area contributed by atoms with E-state index in [1.165, 1.54) is 32.0 Å². The molecule has 0 fully saturated rings. The maximum absolute atomic E-state index is 13.5. The van der Waals surface area contributed by atoms with Gasteiger partial charge in [-0.3, -0.25) is 29.2 Å². The molecule has 0 saturated heterocycles. The highest BCUT2D eigenvalue weighted by molar-refractivity contribution is 5.95. The number of carbonyl (C=O) groups excluding carboxylic acids is 4. The molecule has 18 N–H and O–H groups in total. The van der Waals surface area contributed by atoms with Crippen LogP contribution in [0.5, 0.6) is 0 Å². The Bertz CT molecular complexity index is 1440. The number of aromatic nitrogens is 4. The fraction of sp³-hybridized carbons (Fsp3) is 0.536. The number of aliphatic imine (C=N–C) groups is 2. The lowest BCUT2D eigenvalue weighted by molar-refractivity contribution is -0.142. The van der Waals surface area contributed by atoms with Crippen LogP contribution in [0.3, 0.4) is 0 Å². The first-order valence-electron chi connectivity index (χ1n) is 15.6. The van der Waals surface area contributed by atoms with Crippen LogP contribution in [0.25, 0.3) is 0 Å². The molecule has 0 aliphatic heterocycles. The van der Waals surface area contributed by atoms with Crippen molar-refractivity contribution >= 4 is 41.5 Å². The molecule has 2 rings (SSSR count). The molecule has 0 aliphatic carbocycles. The summed E-state index contributed by atoms with van der Waals surface area (Å²) in [5.74, 6) is -5.01. The average Bonchev–Trinajstić information content (AvgIpc) is 3.76. The number of aliphatic hydroxyl groups excluding tert-OH is 1. The minimum absolute atomic E-state index is 0.0508. The number of aliphatic hydroxyl groups is 1. The van der Waals surface area contributed by atoms with Gasteiger partial charge in [0.05, 0.1) is 24.8 Å². The van der Waals surface area contributed by atoms with Crippen LogP contribution in [-0.2, 0) is 36.8 Å². The summed E-state index contributed by atoms with van der Waals surface area (Å²) in [7, 11) is 0. The number of carbonyl (C=O) groups is 5. The second-order valence-corrected chi connectivity index (χ2v) is 11.3. The smallest absolute Gasteiger partial charge is 0.326 e. The van der Waals surface area contributed by atoms with Crippen LogP contribution in [0, 0.1) is 0 Å². The van der Waals surface area contributed by atoms with Crippen LogP contribution in [0.4, 0.5) is 0 Å². The molecule has 0 saturated carbocycles. The number of rotatable bonds is 22. The van der Waals surface area contributed by atoms with Gasteiger partial charge in [0.1, 0.15) is 24.2 Å². The molecule has 22 nitrogen and oxygen atoms in total. The topological polar surface area (TPSA) is 386 Å². The van der Waals surface area contributed by atoms with Gasteiger partial charge in [0.25, 0.3) is 0 Å². The van der Waals surface area contributed by atoms with Gasteiger partial charge in [-0.05, 0) is 32.6 Å². The van der Waals surface area contributed by atoms with Crippen molar-refractivity contribution in [1.29, 1.82) is 0 Å². The van der Waals surface area contributed by atoms with Gasteiger partial charge in [-0.15, -0.1) is 0 Å². The molecule has 0 spiro atoms. The number of nitrogens with two attached hydrogens (primary N) is 5. The number of carboxylic acids is 1. The number of hydrogen-bond acceptors (Lipinski definition) is 11. The zero-order valence-corrected chi connectivity index (χ0v) is 27.5. The predicted molar refractivity (Wildman–Crippen MR) is 179 cm³/mol. The molecular weight excluding hydrogens is 658 g/mol. The van der Waals surface area contributed by atoms with E-state index in [4.69, 9.17) is 28.7 Å². The molecule has 22 heteroatoms. The van der Waals surface area contributed by atoms with Gasteiger partial charge in [0.2, 0.25) is 23.6 Å². The Morgan fingerprint density at radius 1 is 0.740 bits per heavy atom. The van der Waals surface area contributed by atoms with E-state index in [1.807, 2.05) is 0 Å². The standard InChI is InChI=1S/C28H47N15O7/c1-14(44)21(43-24(47)19(8-15-10-34-12-38-15)41-22(45)17(29)4-2-6-36-27(30)31)25(48)40-18(5-3-7-37-28(32)33)23(46)42-20(26(49)50)9-16-11-35-13-39-16/h10-14,17-21,44H,2-9,29H2,1H3,(H,34,38)(H,35,39)(H,40,48)(H,41,45)(H,42,46)(H,43,47)(H,49,50)(H4,30,31,36)(H4,32,33,37)/t14-,17+,18+,19+,20+,21+/m1/s1. The minimum atomic E-state index is -1.62. The monoisotopic (exact) mass is 705 g/mol. The summed E-state index contributed by atoms with van der Waals surface area (Å²) in [4.78, 5) is 86.2. The van der Waals surface area contributed by atoms with Gasteiger partial charge in [-0.25, -0.2) is 14.8 Å². The highest BCUT2D eigenvalue weighted by Crippen LogP contribution is 2.07. The van der Waals surface area contributed by atoms with E-state index >= 15 is 0 Å². The summed E-state index contributed by atoms with van der Waals surface area (Å²) >= 11 is 0. The quantitative estimate of drug-likeness (QED) is 0.0309. The van der Waals surface area contributed by atoms with E-state index in [0.717, 1.165) is 0 Å². The molecule has 276 valence electrons. The molecule has 0 unspecified atom stereocenters. The highest BCUT2D eigenvalue weighted by Gasteiger charge is 2.34. The highest BCUT2D eigenvalue weighted by atomic mass is 16.4. The zero-order valence-electron chi connectivity index (χ0n) is 27.5. The van der Waals surface area contributed by atoms with E-state index in [1.54, 1.807) is 0 Å². The molecule has 0 aliphatic rings. The molecule has 0 aromatic carbocycles. The third-order valence-corrected chi connectivity index (χ3v) is 7.15. The number of imidazole rings is 2. The maximum Gasteiger partial charge on any atom is 0.326 e. The number of H-pyrrole nitrogens is 2. The first-order chi connectivity index (χ1) is 23.7. The Kier molecular flexibility index (Phi) is 16.6. The molecule has 0 bridgehead atoms. The van der Waals surface area contributed by atoms with E-state index < -0.39 is 65.9 Å². The fourth-order valence-electron chi connectivity index (χ4n) is 4.54. The van der Waals surface area contributed by atoms with Crippen LogP contribution in [0.1, 0.15) is 44.0 Å². The molecule has 4 amide bonds. The Labute approximate surface area is 286 Å². The molecule has 50 heavy (non-hydrogen) atoms. The van der Waals surface area contributed by atoms with Crippen molar-refractivity contribution in [2.75, 3.05) is 13.1 Å². The molecule has 0 radical (unpaired) electrons. The van der Waals surface area contributed by atoms with Crippen LogP contribution < -0.4 is 49.9 Å². The van der Waals surface area contributed by atoms with E-state index in [-0.39, 0.29) is 57.1 Å². The number of nitrogens with zero attached hydrogens (tertiary/aromatic N) is 4. The predicted octanol–water partition coefficient (Wildman–Crippen LogP) is -5.24. The van der Waals surface area contributed by atoms with Crippen molar-refractivity contribution in [2.45, 2.75) is 81.8 Å². The van der Waals surface area contributed by atoms with Gasteiger partial charge < -0.3 is 70.1 Å². The molecule has 2 heterocycles. The maximum atomic E-state index is 13.5. The first kappa shape index (κ1) is 40.4. The van der Waals surface area contributed by atoms with Crippen molar-refractivity contribution in [3.05, 3.63) is 36.4 Å². The summed E-state index contributed by atoms with van der Waals surface area (Å²) in [5.41, 5.74) is 28.3. The SMILES string of the molecule is C[C@@H](O)[C@H](NC(=O)[C@H](Cc1cnc[nH]1)NC(=O)[C@@H](N)CCCN=C(N)N)C(=O)N[C@@H](CCCN=C(N)N)C(=O)N[C@@H](Cc1cnc[nH]1)C(=O)O. The second-order valence-electron chi connectivity index (χ2n) is 11.3. The Morgan fingerprint density at radius 3 is 1.70 bits per heavy atom. The third kappa shape index (κ3) is 14.6. The fourth-order valence-corrected chi connectivity index (χ4v) is 4.54. The van der Waals surface area contributed by atoms with Crippen LogP contribution in [-0.4, -0.2) is 121 Å². The number of amides is 4. The molecular formula is C28H47N15O7. The summed E-state index contributed by atoms with van der Waals surface area (Å²) in [6.07, 6.45) is 4.55. The Balaban J connectivity index is 2.21. The van der Waals surface area contributed by atoms with E-state index in [0.29, 0.717) is 17.8 Å². The van der Waals surface area contributed by atoms with Gasteiger partial charge in [-0.2, -0.15) is 0 Å². The van der Waals surface area contributed by atoms with Crippen LogP contribution in [0.15, 0.2) is 35.0 Å². The average molecular weight is 706 g/mol. The number of guanidine groups is 2. The van der Waals surface area contributed by atoms with Crippen molar-refractivity contribution in [1.82, 2.24) is 41.2 Å². The Morgan fingerprint density at radius 2 is 1.22 bits per heavy atom. The molecule has 2 aromatic rings. The summed E-state index contributed by atoms with van der Waals surface area (Å²) < 4.78 is 0. The number of aliphatic carboxylic acids is 1. The number of nitrogens with one attached hydrogen (secondary N) is 6.